The normalized spacial score (nSPS) is 13.0. The molecule has 9 heterocycles. The molecule has 0 amide bonds. The summed E-state index contributed by atoms with van der Waals surface area (Å²) in [6.07, 6.45) is 19.4. The maximum atomic E-state index is 4.70. The molecule has 0 aliphatic heterocycles. The van der Waals surface area contributed by atoms with Gasteiger partial charge in [0, 0.05) is 112 Å². The van der Waals surface area contributed by atoms with Crippen molar-refractivity contribution in [3.05, 3.63) is 344 Å². The van der Waals surface area contributed by atoms with Crippen molar-refractivity contribution < 1.29 is 60.3 Å². The standard InChI is InChI=1S/3C23H22NSSi.3C12H10N.3Ir/c1-26(2,3)21-9-5-7-18-17-6-4-8-19(22(17)25-23(18)21)20-14-16(12-13-24-20)15-10-11-15;1-26(2,3)17-9-10-18-19-5-4-6-20(23(19)25-22(18)14-17)21-13-16(11-12-24-21)15-7-8-15;1-26(2,3)17-9-10-22-20(14-17)18-5-4-6-19(23(18)25-22)21-13-16(11-12-24-21)15-7-8-15;3*1-10-7-8-12(13-9-10)11-5-3-2-4-6-11;;;/h4-7,9,12-15H,10-11H2,1-3H3;2*4-5,9-15H,7-8H2,1-3H3;3*2-5,7-9H,1H3;;;/q6*-1;;;. The van der Waals surface area contributed by atoms with Gasteiger partial charge in [0.1, 0.15) is 0 Å². The van der Waals surface area contributed by atoms with Gasteiger partial charge >= 0.3 is 0 Å². The van der Waals surface area contributed by atoms with Gasteiger partial charge in [0.2, 0.25) is 0 Å². The quantitative estimate of drug-likeness (QED) is 0.0896. The van der Waals surface area contributed by atoms with E-state index in [1.54, 1.807) is 5.19 Å². The van der Waals surface area contributed by atoms with Gasteiger partial charge in [0.05, 0.1) is 24.2 Å². The molecule has 6 nitrogen and oxygen atoms in total. The van der Waals surface area contributed by atoms with Gasteiger partial charge in [-0.1, -0.05) is 199 Å². The Kier molecular flexibility index (Phi) is 29.0. The summed E-state index contributed by atoms with van der Waals surface area (Å²) >= 11 is 5.70. The van der Waals surface area contributed by atoms with Crippen molar-refractivity contribution in [1.29, 1.82) is 0 Å². The minimum Gasteiger partial charge on any atom is -0.305 e. The van der Waals surface area contributed by atoms with E-state index in [9.17, 15) is 0 Å². The van der Waals surface area contributed by atoms with Crippen LogP contribution in [0.5, 0.6) is 0 Å². The third-order valence-corrected chi connectivity index (χ3v) is 31.8. The van der Waals surface area contributed by atoms with Crippen molar-refractivity contribution in [2.75, 3.05) is 0 Å². The van der Waals surface area contributed by atoms with Crippen molar-refractivity contribution in [3.8, 4) is 67.5 Å². The molecule has 21 rings (SSSR count). The molecule has 18 aromatic rings. The molecule has 9 aromatic heterocycles. The van der Waals surface area contributed by atoms with Gasteiger partial charge in [0.15, 0.2) is 0 Å². The molecule has 15 heteroatoms. The van der Waals surface area contributed by atoms with E-state index in [2.05, 4.69) is 266 Å². The number of benzene rings is 9. The Morgan fingerprint density at radius 3 is 1.03 bits per heavy atom. The second-order valence-electron chi connectivity index (χ2n) is 34.2. The predicted molar refractivity (Wildman–Crippen MR) is 509 cm³/mol. The number of pyridine rings is 6. The van der Waals surface area contributed by atoms with Crippen LogP contribution >= 0.6 is 34.0 Å². The van der Waals surface area contributed by atoms with Gasteiger partial charge in [-0.15, -0.1) is 179 Å². The number of fused-ring (bicyclic) bond motifs is 9. The Hall–Kier alpha value is -8.86. The first-order valence-electron chi connectivity index (χ1n) is 40.8. The average Bonchev–Trinajstić information content (AvgIpc) is 1.69. The van der Waals surface area contributed by atoms with Crippen LogP contribution in [0.25, 0.3) is 128 Å². The minimum atomic E-state index is -1.39. The van der Waals surface area contributed by atoms with E-state index >= 15 is 0 Å². The first-order valence-corrected chi connectivity index (χ1v) is 53.8. The summed E-state index contributed by atoms with van der Waals surface area (Å²) in [5.74, 6) is 2.24. The van der Waals surface area contributed by atoms with E-state index in [4.69, 9.17) is 4.98 Å². The third-order valence-electron chi connectivity index (χ3n) is 21.8. The number of thiophene rings is 3. The fraction of sp³-hybridized carbons (Fsp3) is 0.200. The molecule has 120 heavy (non-hydrogen) atoms. The van der Waals surface area contributed by atoms with Crippen LogP contribution in [0.1, 0.15) is 89.7 Å². The van der Waals surface area contributed by atoms with Crippen molar-refractivity contribution >= 4 is 134 Å². The molecule has 3 aliphatic rings. The minimum absolute atomic E-state index is 0. The van der Waals surface area contributed by atoms with E-state index in [-0.39, 0.29) is 60.3 Å². The van der Waals surface area contributed by atoms with Gasteiger partial charge in [-0.25, -0.2) is 0 Å². The van der Waals surface area contributed by atoms with E-state index in [0.29, 0.717) is 0 Å². The number of aryl methyl sites for hydroxylation is 3. The van der Waals surface area contributed by atoms with Crippen LogP contribution in [0.2, 0.25) is 58.9 Å². The third kappa shape index (κ3) is 21.4. The molecule has 0 unspecified atom stereocenters. The largest absolute Gasteiger partial charge is 0.305 e. The molecule has 0 bridgehead atoms. The van der Waals surface area contributed by atoms with Gasteiger partial charge in [0.25, 0.3) is 0 Å². The zero-order valence-electron chi connectivity index (χ0n) is 69.9. The molecular weight excluding hydrogens is 2100 g/mol. The van der Waals surface area contributed by atoms with E-state index < -0.39 is 24.2 Å². The monoisotopic (exact) mass is 2200 g/mol. The van der Waals surface area contributed by atoms with Crippen molar-refractivity contribution in [2.24, 2.45) is 0 Å². The van der Waals surface area contributed by atoms with E-state index in [1.165, 1.54) is 143 Å². The zero-order valence-corrected chi connectivity index (χ0v) is 82.5. The summed E-state index contributed by atoms with van der Waals surface area (Å²) in [4.78, 5) is 27.0. The van der Waals surface area contributed by atoms with Gasteiger partial charge in [-0.3, -0.25) is 0 Å². The SMILES string of the molecule is C[Si](C)(C)c1ccc2c(c1)sc1c(-c3cc(C4CC4)ccn3)[c-]ccc12.C[Si](C)(C)c1ccc2sc3c(-c4cc(C5CC5)ccn4)[c-]ccc3c2c1.C[Si](C)(C)c1cccc2c1sc1c(-c3cc(C4CC4)ccn3)[c-]ccc12.Cc1ccc(-c2[c-]cccc2)nc1.Cc1ccc(-c2[c-]cccc2)nc1.Cc1ccc(-c2[c-]cccc2)nc1.[Ir].[Ir].[Ir]. The number of rotatable bonds is 12. The van der Waals surface area contributed by atoms with Gasteiger partial charge < -0.3 is 29.9 Å². The van der Waals surface area contributed by atoms with Crippen LogP contribution in [0.4, 0.5) is 0 Å². The molecule has 0 N–H and O–H groups in total. The molecule has 0 atom stereocenters. The fourth-order valence-corrected chi connectivity index (χ4v) is 23.2. The Morgan fingerprint density at radius 2 is 0.658 bits per heavy atom. The Bertz CT molecular complexity index is 6240. The van der Waals surface area contributed by atoms with Crippen LogP contribution in [0, 0.1) is 57.2 Å². The Morgan fingerprint density at radius 1 is 0.283 bits per heavy atom. The summed E-state index contributed by atoms with van der Waals surface area (Å²) in [5, 5.41) is 12.8. The maximum absolute atomic E-state index is 4.70. The fourth-order valence-electron chi connectivity index (χ4n) is 14.6. The molecule has 3 radical (unpaired) electrons. The molecule has 3 saturated carbocycles. The van der Waals surface area contributed by atoms with Crippen molar-refractivity contribution in [2.45, 2.75) is 136 Å². The predicted octanol–water partition coefficient (Wildman–Crippen LogP) is 27.6. The van der Waals surface area contributed by atoms with Crippen LogP contribution in [0.3, 0.4) is 0 Å². The number of nitrogens with zero attached hydrogens (tertiary/aromatic N) is 6. The molecule has 3 aliphatic carbocycles. The first kappa shape index (κ1) is 88.9. The molecule has 0 saturated heterocycles. The van der Waals surface area contributed by atoms with E-state index in [0.717, 1.165) is 85.3 Å². The Labute approximate surface area is 764 Å². The second kappa shape index (κ2) is 39.1. The van der Waals surface area contributed by atoms with Crippen LogP contribution < -0.4 is 15.6 Å². The summed E-state index contributed by atoms with van der Waals surface area (Å²) in [6.45, 7) is 27.9. The molecule has 609 valence electrons. The van der Waals surface area contributed by atoms with Crippen LogP contribution in [-0.2, 0) is 60.3 Å². The average molecular weight is 2200 g/mol. The summed E-state index contributed by atoms with van der Waals surface area (Å²) < 4.78 is 8.17. The molecule has 3 fully saturated rings. The van der Waals surface area contributed by atoms with Gasteiger partial charge in [-0.2, -0.15) is 34.0 Å². The second-order valence-corrected chi connectivity index (χ2v) is 52.5. The van der Waals surface area contributed by atoms with Crippen LogP contribution in [0.15, 0.2) is 274 Å². The Balaban J connectivity index is 0.000000127. The topological polar surface area (TPSA) is 77.3 Å². The molecule has 0 spiro atoms. The first-order chi connectivity index (χ1) is 56.6. The molecule has 9 aromatic carbocycles. The van der Waals surface area contributed by atoms with Crippen molar-refractivity contribution in [1.82, 2.24) is 29.9 Å². The number of hydrogen-bond donors (Lipinski definition) is 0. The number of aromatic nitrogens is 6. The van der Waals surface area contributed by atoms with Crippen LogP contribution in [-0.4, -0.2) is 54.1 Å². The smallest absolute Gasteiger partial charge is 0.0794 e. The molecular formula is C105H96Ir3N6S3Si3-6. The summed E-state index contributed by atoms with van der Waals surface area (Å²) in [7, 11) is -4.01. The maximum Gasteiger partial charge on any atom is 0.0794 e. The van der Waals surface area contributed by atoms with E-state index in [1.807, 2.05) is 183 Å². The summed E-state index contributed by atoms with van der Waals surface area (Å²) in [5.41, 5.74) is 20.6. The zero-order chi connectivity index (χ0) is 81.0. The number of hydrogen-bond acceptors (Lipinski definition) is 9. The summed E-state index contributed by atoms with van der Waals surface area (Å²) in [6, 6.07) is 103. The van der Waals surface area contributed by atoms with Crippen molar-refractivity contribution in [3.63, 3.8) is 0 Å². The van der Waals surface area contributed by atoms with Gasteiger partial charge in [-0.05, 0) is 194 Å².